The normalized spacial score (nSPS) is 23.5. The van der Waals surface area contributed by atoms with Gasteiger partial charge in [-0.2, -0.15) is 0 Å². The van der Waals surface area contributed by atoms with Crippen LogP contribution in [0.3, 0.4) is 0 Å². The zero-order chi connectivity index (χ0) is 14.4. The molecule has 102 valence electrons. The first-order valence-corrected chi connectivity index (χ1v) is 6.79. The fourth-order valence-electron chi connectivity index (χ4n) is 2.07. The van der Waals surface area contributed by atoms with Crippen LogP contribution in [0.15, 0.2) is 12.1 Å². The van der Waals surface area contributed by atoms with E-state index in [9.17, 15) is 14.4 Å². The lowest BCUT2D eigenvalue weighted by Gasteiger charge is -2.25. The monoisotopic (exact) mass is 281 g/mol. The van der Waals surface area contributed by atoms with E-state index in [1.54, 1.807) is 6.92 Å². The molecule has 1 aromatic heterocycles. The number of imide groups is 1. The molecular weight excluding hydrogens is 266 g/mol. The van der Waals surface area contributed by atoms with Crippen LogP contribution < -0.4 is 4.90 Å². The Balaban J connectivity index is 2.37. The summed E-state index contributed by atoms with van der Waals surface area (Å²) in [5.41, 5.74) is -0.704. The van der Waals surface area contributed by atoms with Gasteiger partial charge in [-0.3, -0.25) is 9.59 Å². The third-order valence-electron chi connectivity index (χ3n) is 3.76. The molecule has 0 radical (unpaired) electrons. The van der Waals surface area contributed by atoms with Gasteiger partial charge >= 0.3 is 5.97 Å². The van der Waals surface area contributed by atoms with Crippen LogP contribution in [0.5, 0.6) is 0 Å². The van der Waals surface area contributed by atoms with E-state index in [-0.39, 0.29) is 29.0 Å². The summed E-state index contributed by atoms with van der Waals surface area (Å²) in [5.74, 6) is -1.51. The van der Waals surface area contributed by atoms with Crippen molar-refractivity contribution in [1.82, 2.24) is 0 Å². The molecule has 2 rings (SSSR count). The van der Waals surface area contributed by atoms with Gasteiger partial charge in [0, 0.05) is 6.42 Å². The highest BCUT2D eigenvalue weighted by Gasteiger charge is 2.50. The van der Waals surface area contributed by atoms with Gasteiger partial charge in [-0.05, 0) is 25.0 Å². The fraction of sp³-hybridized carbons (Fsp3) is 0.462. The van der Waals surface area contributed by atoms with Gasteiger partial charge in [0.2, 0.25) is 11.8 Å². The van der Waals surface area contributed by atoms with Crippen LogP contribution in [0.25, 0.3) is 0 Å². The summed E-state index contributed by atoms with van der Waals surface area (Å²) in [5, 5.41) is 9.27. The van der Waals surface area contributed by atoms with Crippen molar-refractivity contribution in [3.63, 3.8) is 0 Å². The molecule has 1 fully saturated rings. The SMILES string of the molecule is CC(C)C1(C)CC(=O)N(c2ccc(C(=O)O)s2)C1=O. The average molecular weight is 281 g/mol. The minimum Gasteiger partial charge on any atom is -0.477 e. The average Bonchev–Trinajstić information content (AvgIpc) is 2.85. The van der Waals surface area contributed by atoms with Crippen molar-refractivity contribution in [2.45, 2.75) is 27.2 Å². The third-order valence-corrected chi connectivity index (χ3v) is 4.82. The molecule has 1 unspecified atom stereocenters. The number of rotatable bonds is 3. The van der Waals surface area contributed by atoms with Crippen LogP contribution >= 0.6 is 11.3 Å². The molecule has 2 heterocycles. The smallest absolute Gasteiger partial charge is 0.345 e. The van der Waals surface area contributed by atoms with Gasteiger partial charge in [-0.25, -0.2) is 9.69 Å². The predicted molar refractivity (Wildman–Crippen MR) is 71.3 cm³/mol. The quantitative estimate of drug-likeness (QED) is 0.863. The van der Waals surface area contributed by atoms with Crippen LogP contribution in [0.2, 0.25) is 0 Å². The Morgan fingerprint density at radius 3 is 2.47 bits per heavy atom. The van der Waals surface area contributed by atoms with Crippen LogP contribution in [0, 0.1) is 11.3 Å². The first kappa shape index (κ1) is 13.7. The third kappa shape index (κ3) is 2.06. The van der Waals surface area contributed by atoms with Gasteiger partial charge in [0.05, 0.1) is 5.41 Å². The van der Waals surface area contributed by atoms with E-state index in [2.05, 4.69) is 0 Å². The van der Waals surface area contributed by atoms with E-state index in [0.29, 0.717) is 5.00 Å². The van der Waals surface area contributed by atoms with Crippen molar-refractivity contribution in [3.8, 4) is 0 Å². The maximum absolute atomic E-state index is 12.4. The molecule has 1 N–H and O–H groups in total. The molecule has 0 saturated carbocycles. The van der Waals surface area contributed by atoms with E-state index in [1.807, 2.05) is 13.8 Å². The molecular formula is C13H15NO4S. The highest BCUT2D eigenvalue weighted by atomic mass is 32.1. The second kappa shape index (κ2) is 4.45. The highest BCUT2D eigenvalue weighted by molar-refractivity contribution is 7.18. The first-order chi connectivity index (χ1) is 8.77. The summed E-state index contributed by atoms with van der Waals surface area (Å²) in [6.07, 6.45) is 0.170. The molecule has 0 aliphatic carbocycles. The fourth-order valence-corrected chi connectivity index (χ4v) is 2.94. The largest absolute Gasteiger partial charge is 0.477 e. The number of aromatic carboxylic acids is 1. The first-order valence-electron chi connectivity index (χ1n) is 5.98. The van der Waals surface area contributed by atoms with Crippen molar-refractivity contribution in [1.29, 1.82) is 0 Å². The van der Waals surface area contributed by atoms with Crippen molar-refractivity contribution in [2.75, 3.05) is 4.90 Å². The summed E-state index contributed by atoms with van der Waals surface area (Å²) in [6, 6.07) is 2.92. The summed E-state index contributed by atoms with van der Waals surface area (Å²) < 4.78 is 0. The van der Waals surface area contributed by atoms with Crippen molar-refractivity contribution < 1.29 is 19.5 Å². The molecule has 2 amide bonds. The van der Waals surface area contributed by atoms with Crippen LogP contribution in [-0.4, -0.2) is 22.9 Å². The van der Waals surface area contributed by atoms with Gasteiger partial charge in [0.1, 0.15) is 9.88 Å². The van der Waals surface area contributed by atoms with Crippen molar-refractivity contribution >= 4 is 34.1 Å². The number of carbonyl (C=O) groups is 3. The molecule has 0 aromatic carbocycles. The lowest BCUT2D eigenvalue weighted by atomic mass is 9.78. The number of nitrogens with zero attached hydrogens (tertiary/aromatic N) is 1. The maximum Gasteiger partial charge on any atom is 0.345 e. The lowest BCUT2D eigenvalue weighted by Crippen LogP contribution is -2.36. The van der Waals surface area contributed by atoms with Crippen LogP contribution in [0.4, 0.5) is 5.00 Å². The van der Waals surface area contributed by atoms with E-state index in [4.69, 9.17) is 5.11 Å². The Labute approximate surface area is 114 Å². The molecule has 0 spiro atoms. The minimum atomic E-state index is -1.05. The van der Waals surface area contributed by atoms with Crippen molar-refractivity contribution in [2.24, 2.45) is 11.3 Å². The number of thiophene rings is 1. The Kier molecular flexibility index (Phi) is 3.22. The molecule has 1 atom stereocenters. The molecule has 1 aromatic rings. The Hall–Kier alpha value is -1.69. The topological polar surface area (TPSA) is 74.7 Å². The lowest BCUT2D eigenvalue weighted by molar-refractivity contribution is -0.126. The van der Waals surface area contributed by atoms with Crippen LogP contribution in [0.1, 0.15) is 36.9 Å². The summed E-state index contributed by atoms with van der Waals surface area (Å²) in [4.78, 5) is 36.6. The number of hydrogen-bond donors (Lipinski definition) is 1. The Bertz CT molecular complexity index is 563. The van der Waals surface area contributed by atoms with Gasteiger partial charge in [-0.1, -0.05) is 13.8 Å². The van der Waals surface area contributed by atoms with Crippen molar-refractivity contribution in [3.05, 3.63) is 17.0 Å². The number of carbonyl (C=O) groups excluding carboxylic acids is 2. The minimum absolute atomic E-state index is 0.0489. The Morgan fingerprint density at radius 2 is 2.05 bits per heavy atom. The number of anilines is 1. The van der Waals surface area contributed by atoms with Gasteiger partial charge in [-0.15, -0.1) is 11.3 Å². The highest BCUT2D eigenvalue weighted by Crippen LogP contribution is 2.42. The zero-order valence-electron chi connectivity index (χ0n) is 11.0. The molecule has 5 nitrogen and oxygen atoms in total. The summed E-state index contributed by atoms with van der Waals surface area (Å²) in [6.45, 7) is 5.60. The molecule has 1 saturated heterocycles. The second-order valence-electron chi connectivity index (χ2n) is 5.23. The number of hydrogen-bond acceptors (Lipinski definition) is 4. The van der Waals surface area contributed by atoms with E-state index >= 15 is 0 Å². The number of amides is 2. The standard InChI is InChI=1S/C13H15NO4S/c1-7(2)13(3)6-9(15)14(12(13)18)10-5-4-8(19-10)11(16)17/h4-5,7H,6H2,1-3H3,(H,16,17). The van der Waals surface area contributed by atoms with E-state index < -0.39 is 11.4 Å². The maximum atomic E-state index is 12.4. The van der Waals surface area contributed by atoms with E-state index in [0.717, 1.165) is 16.2 Å². The Morgan fingerprint density at radius 1 is 1.42 bits per heavy atom. The number of carboxylic acid groups (broad SMARTS) is 1. The van der Waals surface area contributed by atoms with Crippen LogP contribution in [-0.2, 0) is 9.59 Å². The summed E-state index contributed by atoms with van der Waals surface area (Å²) >= 11 is 0.943. The molecule has 0 bridgehead atoms. The van der Waals surface area contributed by atoms with Gasteiger partial charge in [0.15, 0.2) is 0 Å². The predicted octanol–water partition coefficient (Wildman–Crippen LogP) is 2.37. The molecule has 1 aliphatic heterocycles. The van der Waals surface area contributed by atoms with Gasteiger partial charge in [0.25, 0.3) is 0 Å². The van der Waals surface area contributed by atoms with Gasteiger partial charge < -0.3 is 5.11 Å². The molecule has 6 heteroatoms. The molecule has 19 heavy (non-hydrogen) atoms. The molecule has 1 aliphatic rings. The number of carboxylic acids is 1. The second-order valence-corrected chi connectivity index (χ2v) is 6.29. The summed E-state index contributed by atoms with van der Waals surface area (Å²) in [7, 11) is 0. The van der Waals surface area contributed by atoms with E-state index in [1.165, 1.54) is 12.1 Å². The zero-order valence-corrected chi connectivity index (χ0v) is 11.8.